The number of ether oxygens (including phenoxy) is 3. The Morgan fingerprint density at radius 3 is 2.70 bits per heavy atom. The van der Waals surface area contributed by atoms with Crippen LogP contribution in [0.25, 0.3) is 6.08 Å². The molecular weight excluding hydrogens is 383 g/mol. The number of carbonyl (C=O) groups excluding carboxylic acids is 1. The summed E-state index contributed by atoms with van der Waals surface area (Å²) in [5.74, 6) is 1.65. The van der Waals surface area contributed by atoms with Gasteiger partial charge in [0.25, 0.3) is 0 Å². The van der Waals surface area contributed by atoms with E-state index in [9.17, 15) is 9.18 Å². The molecule has 0 spiro atoms. The first-order valence-corrected chi connectivity index (χ1v) is 9.54. The molecule has 30 heavy (non-hydrogen) atoms. The number of hydrogen-bond donors (Lipinski definition) is 0. The van der Waals surface area contributed by atoms with Crippen LogP contribution in [0, 0.1) is 5.82 Å². The second-order valence-corrected chi connectivity index (χ2v) is 7.06. The van der Waals surface area contributed by atoms with Crippen LogP contribution >= 0.6 is 0 Å². The summed E-state index contributed by atoms with van der Waals surface area (Å²) >= 11 is 0. The molecule has 3 aromatic carbocycles. The molecule has 2 aliphatic rings. The third-order valence-electron chi connectivity index (χ3n) is 4.93. The Hall–Kier alpha value is -3.86. The number of para-hydroxylation sites is 1. The summed E-state index contributed by atoms with van der Waals surface area (Å²) < 4.78 is 30.3. The summed E-state index contributed by atoms with van der Waals surface area (Å²) in [5, 5.41) is 0. The molecule has 2 heterocycles. The van der Waals surface area contributed by atoms with Gasteiger partial charge in [-0.25, -0.2) is 4.39 Å². The van der Waals surface area contributed by atoms with Gasteiger partial charge in [0.15, 0.2) is 5.76 Å². The van der Waals surface area contributed by atoms with E-state index >= 15 is 0 Å². The molecule has 0 fully saturated rings. The first-order chi connectivity index (χ1) is 14.7. The van der Waals surface area contributed by atoms with Crippen molar-refractivity contribution in [3.8, 4) is 17.2 Å². The van der Waals surface area contributed by atoms with Gasteiger partial charge in [0, 0.05) is 11.6 Å². The molecule has 2 aliphatic heterocycles. The Morgan fingerprint density at radius 1 is 1.00 bits per heavy atom. The fourth-order valence-electron chi connectivity index (χ4n) is 3.39. The van der Waals surface area contributed by atoms with E-state index in [0.29, 0.717) is 30.3 Å². The van der Waals surface area contributed by atoms with Crippen LogP contribution in [0.5, 0.6) is 17.2 Å². The minimum absolute atomic E-state index is 0.171. The number of benzene rings is 3. The smallest absolute Gasteiger partial charge is 0.231 e. The van der Waals surface area contributed by atoms with Crippen molar-refractivity contribution in [1.82, 2.24) is 0 Å². The maximum absolute atomic E-state index is 13.0. The summed E-state index contributed by atoms with van der Waals surface area (Å²) in [6.07, 6.45) is 3.71. The second kappa shape index (κ2) is 7.52. The van der Waals surface area contributed by atoms with Crippen molar-refractivity contribution in [2.45, 2.75) is 6.61 Å². The summed E-state index contributed by atoms with van der Waals surface area (Å²) in [6, 6.07) is 19.0. The number of Topliss-reactive ketones (excluding diaryl/α,β-unsaturated/α-hetero) is 1. The molecular formula is C25H17FO4. The highest BCUT2D eigenvalue weighted by Crippen LogP contribution is 2.35. The predicted molar refractivity (Wildman–Crippen MR) is 110 cm³/mol. The topological polar surface area (TPSA) is 44.8 Å². The molecule has 0 atom stereocenters. The number of hydrogen-bond acceptors (Lipinski definition) is 4. The minimum atomic E-state index is -0.288. The molecule has 148 valence electrons. The van der Waals surface area contributed by atoms with Crippen LogP contribution in [0.3, 0.4) is 0 Å². The zero-order valence-corrected chi connectivity index (χ0v) is 15.9. The fourth-order valence-corrected chi connectivity index (χ4v) is 3.39. The summed E-state index contributed by atoms with van der Waals surface area (Å²) in [7, 11) is 0. The lowest BCUT2D eigenvalue weighted by molar-refractivity contribution is 0.101. The van der Waals surface area contributed by atoms with Gasteiger partial charge in [-0.2, -0.15) is 0 Å². The van der Waals surface area contributed by atoms with E-state index in [1.165, 1.54) is 12.1 Å². The quantitative estimate of drug-likeness (QED) is 0.555. The van der Waals surface area contributed by atoms with Crippen LogP contribution in [0.15, 0.2) is 84.1 Å². The Labute approximate surface area is 172 Å². The standard InChI is InChI=1S/C25H17FO4/c26-19-7-5-16(6-8-19)14-28-20-9-10-21-23(13-20)30-24(25(21)27)12-17-11-18-3-1-2-4-22(18)29-15-17/h1-13H,14-15H2/b24-12+. The number of halogens is 1. The minimum Gasteiger partial charge on any atom is -0.489 e. The van der Waals surface area contributed by atoms with E-state index in [1.54, 1.807) is 36.4 Å². The molecule has 0 N–H and O–H groups in total. The van der Waals surface area contributed by atoms with E-state index in [-0.39, 0.29) is 17.4 Å². The van der Waals surface area contributed by atoms with E-state index in [2.05, 4.69) is 0 Å². The number of fused-ring (bicyclic) bond motifs is 2. The first kappa shape index (κ1) is 18.2. The zero-order valence-electron chi connectivity index (χ0n) is 15.9. The van der Waals surface area contributed by atoms with Gasteiger partial charge in [0.1, 0.15) is 36.3 Å². The third-order valence-corrected chi connectivity index (χ3v) is 4.93. The Kier molecular flexibility index (Phi) is 4.56. The molecule has 5 heteroatoms. The highest BCUT2D eigenvalue weighted by Gasteiger charge is 2.28. The van der Waals surface area contributed by atoms with Crippen molar-refractivity contribution in [3.63, 3.8) is 0 Å². The Balaban J connectivity index is 1.33. The molecule has 0 radical (unpaired) electrons. The van der Waals surface area contributed by atoms with Crippen molar-refractivity contribution >= 4 is 11.9 Å². The van der Waals surface area contributed by atoms with Gasteiger partial charge in [0.05, 0.1) is 5.56 Å². The highest BCUT2D eigenvalue weighted by molar-refractivity contribution is 6.12. The Morgan fingerprint density at radius 2 is 1.83 bits per heavy atom. The average Bonchev–Trinajstić information content (AvgIpc) is 3.08. The first-order valence-electron chi connectivity index (χ1n) is 9.54. The molecule has 0 bridgehead atoms. The maximum Gasteiger partial charge on any atom is 0.231 e. The van der Waals surface area contributed by atoms with Crippen molar-refractivity contribution in [2.24, 2.45) is 0 Å². The predicted octanol–water partition coefficient (Wildman–Crippen LogP) is 5.34. The maximum atomic E-state index is 13.0. The Bertz CT molecular complexity index is 1190. The van der Waals surface area contributed by atoms with Crippen molar-refractivity contribution in [1.29, 1.82) is 0 Å². The van der Waals surface area contributed by atoms with Crippen molar-refractivity contribution in [2.75, 3.05) is 6.61 Å². The number of ketones is 1. The van der Waals surface area contributed by atoms with Crippen LogP contribution in [0.4, 0.5) is 4.39 Å². The lowest BCUT2D eigenvalue weighted by Crippen LogP contribution is -2.08. The molecule has 0 aliphatic carbocycles. The molecule has 4 nitrogen and oxygen atoms in total. The highest BCUT2D eigenvalue weighted by atomic mass is 19.1. The van der Waals surface area contributed by atoms with Gasteiger partial charge >= 0.3 is 0 Å². The van der Waals surface area contributed by atoms with E-state index in [1.807, 2.05) is 30.3 Å². The van der Waals surface area contributed by atoms with Crippen LogP contribution in [-0.2, 0) is 6.61 Å². The largest absolute Gasteiger partial charge is 0.489 e. The van der Waals surface area contributed by atoms with E-state index in [4.69, 9.17) is 14.2 Å². The molecule has 0 saturated heterocycles. The van der Waals surface area contributed by atoms with Crippen LogP contribution < -0.4 is 14.2 Å². The molecule has 5 rings (SSSR count). The van der Waals surface area contributed by atoms with Gasteiger partial charge < -0.3 is 14.2 Å². The van der Waals surface area contributed by atoms with Gasteiger partial charge in [-0.05, 0) is 53.6 Å². The number of carbonyl (C=O) groups is 1. The van der Waals surface area contributed by atoms with Gasteiger partial charge in [0.2, 0.25) is 5.78 Å². The summed E-state index contributed by atoms with van der Waals surface area (Å²) in [4.78, 5) is 12.7. The monoisotopic (exact) mass is 400 g/mol. The van der Waals surface area contributed by atoms with Crippen LogP contribution in [-0.4, -0.2) is 12.4 Å². The van der Waals surface area contributed by atoms with Gasteiger partial charge in [-0.1, -0.05) is 30.3 Å². The van der Waals surface area contributed by atoms with Crippen molar-refractivity contribution in [3.05, 3.63) is 107 Å². The van der Waals surface area contributed by atoms with Crippen LogP contribution in [0.2, 0.25) is 0 Å². The number of allylic oxidation sites excluding steroid dienone is 1. The lowest BCUT2D eigenvalue weighted by atomic mass is 10.1. The molecule has 0 saturated carbocycles. The van der Waals surface area contributed by atoms with Crippen molar-refractivity contribution < 1.29 is 23.4 Å². The van der Waals surface area contributed by atoms with Crippen LogP contribution in [0.1, 0.15) is 21.5 Å². The normalized spacial score (nSPS) is 15.7. The average molecular weight is 400 g/mol. The summed E-state index contributed by atoms with van der Waals surface area (Å²) in [5.41, 5.74) is 3.17. The van der Waals surface area contributed by atoms with E-state index in [0.717, 1.165) is 22.4 Å². The lowest BCUT2D eigenvalue weighted by Gasteiger charge is -2.15. The summed E-state index contributed by atoms with van der Waals surface area (Å²) in [6.45, 7) is 0.666. The van der Waals surface area contributed by atoms with Gasteiger partial charge in [-0.3, -0.25) is 4.79 Å². The van der Waals surface area contributed by atoms with Gasteiger partial charge in [-0.15, -0.1) is 0 Å². The SMILES string of the molecule is O=C1/C(=C\C2=Cc3ccccc3OC2)Oc2cc(OCc3ccc(F)cc3)ccc21. The zero-order chi connectivity index (χ0) is 20.5. The second-order valence-electron chi connectivity index (χ2n) is 7.06. The fraction of sp³-hybridized carbons (Fsp3) is 0.0800. The molecule has 0 unspecified atom stereocenters. The van der Waals surface area contributed by atoms with E-state index < -0.39 is 0 Å². The third kappa shape index (κ3) is 3.57. The molecule has 0 aromatic heterocycles. The molecule has 0 amide bonds. The molecule has 3 aromatic rings. The number of rotatable bonds is 4.